The molecule has 0 unspecified atom stereocenters. The molecule has 0 heterocycles. The maximum absolute atomic E-state index is 10.5. The molecule has 0 saturated carbocycles. The third-order valence-corrected chi connectivity index (χ3v) is 2.77. The molecule has 0 aliphatic heterocycles. The third kappa shape index (κ3) is 1.72. The molecule has 0 fully saturated rings. The SMILES string of the molecule is O=S(=O)=C1C=CC=CC1=S(=O)=O. The van der Waals surface area contributed by atoms with Crippen molar-refractivity contribution in [1.82, 2.24) is 0 Å². The van der Waals surface area contributed by atoms with Crippen molar-refractivity contribution in [1.29, 1.82) is 0 Å². The molecule has 6 heteroatoms. The average molecular weight is 204 g/mol. The van der Waals surface area contributed by atoms with E-state index in [2.05, 4.69) is 0 Å². The van der Waals surface area contributed by atoms with Gasteiger partial charge in [0.2, 0.25) is 20.6 Å². The van der Waals surface area contributed by atoms with Crippen LogP contribution in [0.4, 0.5) is 0 Å². The molecular formula is C6H4O4S2. The Morgan fingerprint density at radius 1 is 0.750 bits per heavy atom. The Hall–Kier alpha value is -1.14. The highest BCUT2D eigenvalue weighted by molar-refractivity contribution is 7.83. The summed E-state index contributed by atoms with van der Waals surface area (Å²) in [4.78, 5) is -0.406. The maximum Gasteiger partial charge on any atom is 0.223 e. The lowest BCUT2D eigenvalue weighted by Gasteiger charge is -1.94. The van der Waals surface area contributed by atoms with Gasteiger partial charge in [0.15, 0.2) is 0 Å². The van der Waals surface area contributed by atoms with E-state index in [1.54, 1.807) is 0 Å². The molecule has 1 aliphatic rings. The maximum atomic E-state index is 10.5. The number of hydrogen-bond donors (Lipinski definition) is 0. The summed E-state index contributed by atoms with van der Waals surface area (Å²) >= 11 is 0. The van der Waals surface area contributed by atoms with E-state index in [0.717, 1.165) is 0 Å². The summed E-state index contributed by atoms with van der Waals surface area (Å²) in [5, 5.41) is 0. The van der Waals surface area contributed by atoms with E-state index < -0.39 is 20.6 Å². The molecule has 0 aromatic heterocycles. The highest BCUT2D eigenvalue weighted by Gasteiger charge is 2.08. The number of rotatable bonds is 0. The first kappa shape index (κ1) is 8.95. The molecule has 0 atom stereocenters. The molecule has 4 nitrogen and oxygen atoms in total. The van der Waals surface area contributed by atoms with Crippen molar-refractivity contribution in [2.75, 3.05) is 0 Å². The summed E-state index contributed by atoms with van der Waals surface area (Å²) in [6.07, 6.45) is 5.38. The Labute approximate surface area is 71.9 Å². The van der Waals surface area contributed by atoms with Crippen molar-refractivity contribution in [3.63, 3.8) is 0 Å². The minimum Gasteiger partial charge on any atom is -0.184 e. The van der Waals surface area contributed by atoms with Crippen LogP contribution in [0.2, 0.25) is 0 Å². The molecule has 0 aromatic rings. The second-order valence-electron chi connectivity index (χ2n) is 1.92. The van der Waals surface area contributed by atoms with Crippen LogP contribution in [0.15, 0.2) is 24.3 Å². The van der Waals surface area contributed by atoms with Gasteiger partial charge in [-0.3, -0.25) is 0 Å². The van der Waals surface area contributed by atoms with Crippen LogP contribution in [0.25, 0.3) is 0 Å². The Bertz CT molecular complexity index is 448. The van der Waals surface area contributed by atoms with E-state index in [4.69, 9.17) is 0 Å². The molecule has 1 aliphatic carbocycles. The smallest absolute Gasteiger partial charge is 0.184 e. The molecule has 64 valence electrons. The zero-order chi connectivity index (χ0) is 9.14. The van der Waals surface area contributed by atoms with Crippen LogP contribution < -0.4 is 0 Å². The van der Waals surface area contributed by atoms with Gasteiger partial charge >= 0.3 is 0 Å². The fourth-order valence-electron chi connectivity index (χ4n) is 0.726. The van der Waals surface area contributed by atoms with Crippen molar-refractivity contribution in [2.45, 2.75) is 0 Å². The molecule has 12 heavy (non-hydrogen) atoms. The van der Waals surface area contributed by atoms with E-state index in [9.17, 15) is 16.8 Å². The molecule has 0 amide bonds. The molecule has 1 rings (SSSR count). The van der Waals surface area contributed by atoms with E-state index in [0.29, 0.717) is 0 Å². The molecule has 0 saturated heterocycles. The van der Waals surface area contributed by atoms with Crippen molar-refractivity contribution in [3.8, 4) is 0 Å². The fraction of sp³-hybridized carbons (Fsp3) is 0. The predicted octanol–water partition coefficient (Wildman–Crippen LogP) is -0.785. The van der Waals surface area contributed by atoms with Gasteiger partial charge in [-0.1, -0.05) is 12.2 Å². The largest absolute Gasteiger partial charge is 0.223 e. The first-order valence-corrected chi connectivity index (χ1v) is 5.05. The Balaban J connectivity index is 3.63. The molecule has 0 radical (unpaired) electrons. The average Bonchev–Trinajstić information content (AvgIpc) is 2.04. The Kier molecular flexibility index (Phi) is 2.61. The topological polar surface area (TPSA) is 68.3 Å². The zero-order valence-corrected chi connectivity index (χ0v) is 7.39. The van der Waals surface area contributed by atoms with E-state index >= 15 is 0 Å². The summed E-state index contributed by atoms with van der Waals surface area (Å²) < 4.78 is 41.8. The summed E-state index contributed by atoms with van der Waals surface area (Å²) in [5.74, 6) is 0. The molecular weight excluding hydrogens is 200 g/mol. The zero-order valence-electron chi connectivity index (χ0n) is 5.76. The highest BCUT2D eigenvalue weighted by atomic mass is 32.2. The van der Waals surface area contributed by atoms with Crippen LogP contribution in [-0.4, -0.2) is 26.6 Å². The second kappa shape index (κ2) is 3.51. The van der Waals surface area contributed by atoms with E-state index in [1.165, 1.54) is 24.3 Å². The van der Waals surface area contributed by atoms with E-state index in [-0.39, 0.29) is 9.73 Å². The first-order valence-electron chi connectivity index (χ1n) is 2.90. The fourth-order valence-corrected chi connectivity index (χ4v) is 1.98. The second-order valence-corrected chi connectivity index (χ2v) is 3.73. The van der Waals surface area contributed by atoms with Gasteiger partial charge in [-0.15, -0.1) is 0 Å². The van der Waals surface area contributed by atoms with Crippen LogP contribution in [-0.2, 0) is 20.6 Å². The van der Waals surface area contributed by atoms with Gasteiger partial charge in [0.1, 0.15) is 9.73 Å². The minimum atomic E-state index is -2.50. The van der Waals surface area contributed by atoms with Gasteiger partial charge in [-0.05, 0) is 12.2 Å². The minimum absolute atomic E-state index is 0.203. The van der Waals surface area contributed by atoms with Crippen LogP contribution in [0.5, 0.6) is 0 Å². The van der Waals surface area contributed by atoms with Crippen molar-refractivity contribution in [2.24, 2.45) is 0 Å². The van der Waals surface area contributed by atoms with Crippen molar-refractivity contribution < 1.29 is 16.8 Å². The van der Waals surface area contributed by atoms with Gasteiger partial charge in [-0.2, -0.15) is 16.8 Å². The Morgan fingerprint density at radius 3 is 1.33 bits per heavy atom. The van der Waals surface area contributed by atoms with Gasteiger partial charge in [0.05, 0.1) is 0 Å². The van der Waals surface area contributed by atoms with Gasteiger partial charge < -0.3 is 0 Å². The Morgan fingerprint density at radius 2 is 1.08 bits per heavy atom. The predicted molar refractivity (Wildman–Crippen MR) is 46.1 cm³/mol. The molecule has 0 spiro atoms. The summed E-state index contributed by atoms with van der Waals surface area (Å²) in [5.41, 5.74) is 0. The van der Waals surface area contributed by atoms with Crippen molar-refractivity contribution in [3.05, 3.63) is 24.3 Å². The first-order chi connectivity index (χ1) is 5.63. The lowest BCUT2D eigenvalue weighted by atomic mass is 10.2. The quantitative estimate of drug-likeness (QED) is 0.485. The van der Waals surface area contributed by atoms with Crippen LogP contribution in [0, 0.1) is 0 Å². The highest BCUT2D eigenvalue weighted by Crippen LogP contribution is 1.94. The summed E-state index contributed by atoms with van der Waals surface area (Å²) in [6.45, 7) is 0. The van der Waals surface area contributed by atoms with Crippen molar-refractivity contribution >= 4 is 30.3 Å². The van der Waals surface area contributed by atoms with Crippen LogP contribution >= 0.6 is 0 Å². The van der Waals surface area contributed by atoms with Gasteiger partial charge in [-0.25, -0.2) is 0 Å². The number of allylic oxidation sites excluding steroid dienone is 4. The van der Waals surface area contributed by atoms with E-state index in [1.807, 2.05) is 0 Å². The molecule has 0 aromatic carbocycles. The third-order valence-electron chi connectivity index (χ3n) is 1.21. The number of hydrogen-bond acceptors (Lipinski definition) is 4. The monoisotopic (exact) mass is 204 g/mol. The normalized spacial score (nSPS) is 15.0. The van der Waals surface area contributed by atoms with Gasteiger partial charge in [0, 0.05) is 0 Å². The standard InChI is InChI=1S/C6H4O4S2/c7-11(8)5-3-1-2-4-6(5)12(9)10/h1-4H. The summed E-state index contributed by atoms with van der Waals surface area (Å²) in [6, 6.07) is 0. The summed E-state index contributed by atoms with van der Waals surface area (Å²) in [7, 11) is -5.01. The van der Waals surface area contributed by atoms with Crippen LogP contribution in [0.1, 0.15) is 0 Å². The van der Waals surface area contributed by atoms with Crippen LogP contribution in [0.3, 0.4) is 0 Å². The lowest BCUT2D eigenvalue weighted by molar-refractivity contribution is 0.625. The van der Waals surface area contributed by atoms with Gasteiger partial charge in [0.25, 0.3) is 0 Å². The molecule has 0 N–H and O–H groups in total. The molecule has 0 bridgehead atoms. The lowest BCUT2D eigenvalue weighted by Crippen LogP contribution is -2.13.